The summed E-state index contributed by atoms with van der Waals surface area (Å²) in [4.78, 5) is 20.3. The van der Waals surface area contributed by atoms with Crippen LogP contribution in [-0.4, -0.2) is 35.7 Å². The first-order valence-electron chi connectivity index (χ1n) is 3.57. The predicted octanol–water partition coefficient (Wildman–Crippen LogP) is -0.533. The third kappa shape index (κ3) is 4.77. The number of nitrogens with two attached hydrogens (primary N) is 1. The second-order valence-corrected chi connectivity index (χ2v) is 2.44. The van der Waals surface area contributed by atoms with Gasteiger partial charge in [0.05, 0.1) is 6.42 Å². The maximum absolute atomic E-state index is 11.7. The first kappa shape index (κ1) is 12.8. The number of hydrogen-bond donors (Lipinski definition) is 3. The fraction of sp³-hybridized carbons (Fsp3) is 0.667. The van der Waals surface area contributed by atoms with Crippen LogP contribution in [0.5, 0.6) is 0 Å². The van der Waals surface area contributed by atoms with Gasteiger partial charge in [-0.15, -0.1) is 0 Å². The second-order valence-electron chi connectivity index (χ2n) is 2.44. The second kappa shape index (κ2) is 4.91. The molecule has 0 aromatic rings. The number of carboxylic acids is 1. The quantitative estimate of drug-likeness (QED) is 0.535. The van der Waals surface area contributed by atoms with Crippen LogP contribution in [0.3, 0.4) is 0 Å². The number of halogens is 3. The highest BCUT2D eigenvalue weighted by molar-refractivity contribution is 5.88. The fourth-order valence-electron chi connectivity index (χ4n) is 0.604. The molecule has 82 valence electrons. The van der Waals surface area contributed by atoms with Gasteiger partial charge in [-0.25, -0.2) is 0 Å². The van der Waals surface area contributed by atoms with Crippen molar-refractivity contribution in [2.45, 2.75) is 18.8 Å². The van der Waals surface area contributed by atoms with Crippen molar-refractivity contribution in [3.05, 3.63) is 0 Å². The maximum atomic E-state index is 11.7. The summed E-state index contributed by atoms with van der Waals surface area (Å²) in [5.74, 6) is -3.31. The molecule has 0 rings (SSSR count). The molecule has 0 bridgehead atoms. The molecular formula is C6H9F3N2O3. The smallest absolute Gasteiger partial charge is 0.453 e. The number of carboxylic acid groups (broad SMARTS) is 1. The summed E-state index contributed by atoms with van der Waals surface area (Å²) < 4.78 is 35.1. The highest BCUT2D eigenvalue weighted by Crippen LogP contribution is 2.16. The number of aliphatic carboxylic acids is 1. The molecule has 5 nitrogen and oxygen atoms in total. The molecule has 0 aliphatic heterocycles. The van der Waals surface area contributed by atoms with Gasteiger partial charge >= 0.3 is 12.1 Å². The predicted molar refractivity (Wildman–Crippen MR) is 39.3 cm³/mol. The standard InChI is InChI=1S/C6H9F3N2O3/c7-6(8,9)4(14)5(10)11-2-1-3(12)13/h5,11H,1-2,10H2,(H,12,13)/t5-/m0/s1. The molecule has 0 saturated heterocycles. The van der Waals surface area contributed by atoms with Crippen molar-refractivity contribution in [3.63, 3.8) is 0 Å². The summed E-state index contributed by atoms with van der Waals surface area (Å²) in [6, 6.07) is 0. The van der Waals surface area contributed by atoms with Crippen molar-refractivity contribution in [3.8, 4) is 0 Å². The third-order valence-electron chi connectivity index (χ3n) is 1.26. The van der Waals surface area contributed by atoms with Crippen LogP contribution < -0.4 is 11.1 Å². The van der Waals surface area contributed by atoms with E-state index >= 15 is 0 Å². The molecule has 0 spiro atoms. The SMILES string of the molecule is N[C@@H](NCCC(=O)O)C(=O)C(F)(F)F. The van der Waals surface area contributed by atoms with Crippen LogP contribution in [0.1, 0.15) is 6.42 Å². The minimum absolute atomic E-state index is 0.293. The van der Waals surface area contributed by atoms with E-state index in [0.29, 0.717) is 0 Å². The number of ketones is 1. The molecule has 0 heterocycles. The van der Waals surface area contributed by atoms with Gasteiger partial charge in [0.1, 0.15) is 6.17 Å². The first-order valence-corrected chi connectivity index (χ1v) is 3.57. The molecule has 8 heteroatoms. The van der Waals surface area contributed by atoms with E-state index in [4.69, 9.17) is 10.8 Å². The van der Waals surface area contributed by atoms with Gasteiger partial charge in [-0.3, -0.25) is 14.9 Å². The third-order valence-corrected chi connectivity index (χ3v) is 1.26. The van der Waals surface area contributed by atoms with Crippen molar-refractivity contribution in [2.24, 2.45) is 5.73 Å². The van der Waals surface area contributed by atoms with Crippen LogP contribution in [-0.2, 0) is 9.59 Å². The van der Waals surface area contributed by atoms with Crippen LogP contribution >= 0.6 is 0 Å². The van der Waals surface area contributed by atoms with Gasteiger partial charge in [-0.1, -0.05) is 0 Å². The van der Waals surface area contributed by atoms with E-state index in [2.05, 4.69) is 0 Å². The van der Waals surface area contributed by atoms with E-state index in [9.17, 15) is 22.8 Å². The number of carbonyl (C=O) groups is 2. The van der Waals surface area contributed by atoms with Crippen LogP contribution in [0.25, 0.3) is 0 Å². The monoisotopic (exact) mass is 214 g/mol. The van der Waals surface area contributed by atoms with Gasteiger partial charge in [-0.2, -0.15) is 13.2 Å². The van der Waals surface area contributed by atoms with Crippen LogP contribution in [0.4, 0.5) is 13.2 Å². The molecule has 0 amide bonds. The van der Waals surface area contributed by atoms with Crippen molar-refractivity contribution in [1.29, 1.82) is 0 Å². The Labute approximate surface area is 77.1 Å². The Balaban J connectivity index is 3.91. The summed E-state index contributed by atoms with van der Waals surface area (Å²) in [6.07, 6.45) is -7.32. The zero-order valence-electron chi connectivity index (χ0n) is 6.97. The molecule has 0 aliphatic rings. The normalized spacial score (nSPS) is 13.7. The lowest BCUT2D eigenvalue weighted by atomic mass is 10.3. The highest BCUT2D eigenvalue weighted by Gasteiger charge is 2.41. The minimum Gasteiger partial charge on any atom is -0.481 e. The molecule has 0 unspecified atom stereocenters. The van der Waals surface area contributed by atoms with Crippen LogP contribution in [0.15, 0.2) is 0 Å². The Morgan fingerprint density at radius 2 is 1.93 bits per heavy atom. The van der Waals surface area contributed by atoms with Gasteiger partial charge in [-0.05, 0) is 0 Å². The van der Waals surface area contributed by atoms with Crippen molar-refractivity contribution < 1.29 is 27.9 Å². The van der Waals surface area contributed by atoms with Gasteiger partial charge < -0.3 is 10.8 Å². The largest absolute Gasteiger partial charge is 0.481 e. The van der Waals surface area contributed by atoms with Gasteiger partial charge in [0.2, 0.25) is 0 Å². The molecule has 0 aliphatic carbocycles. The summed E-state index contributed by atoms with van der Waals surface area (Å²) in [6.45, 7) is -0.293. The fourth-order valence-corrected chi connectivity index (χ4v) is 0.604. The molecule has 0 aromatic heterocycles. The van der Waals surface area contributed by atoms with Crippen molar-refractivity contribution in [2.75, 3.05) is 6.54 Å². The molecule has 0 aromatic carbocycles. The summed E-state index contributed by atoms with van der Waals surface area (Å²) in [5.41, 5.74) is 4.82. The topological polar surface area (TPSA) is 92.4 Å². The number of nitrogens with one attached hydrogen (secondary N) is 1. The zero-order chi connectivity index (χ0) is 11.4. The average molecular weight is 214 g/mol. The number of carbonyl (C=O) groups excluding carboxylic acids is 1. The minimum atomic E-state index is -5.00. The number of rotatable bonds is 5. The molecule has 4 N–H and O–H groups in total. The molecule has 0 radical (unpaired) electrons. The van der Waals surface area contributed by atoms with E-state index < -0.39 is 30.5 Å². The van der Waals surface area contributed by atoms with E-state index in [-0.39, 0.29) is 6.54 Å². The van der Waals surface area contributed by atoms with E-state index in [0.717, 1.165) is 0 Å². The van der Waals surface area contributed by atoms with E-state index in [1.54, 1.807) is 0 Å². The molecule has 1 atom stereocenters. The molecular weight excluding hydrogens is 205 g/mol. The maximum Gasteiger partial charge on any atom is 0.453 e. The summed E-state index contributed by atoms with van der Waals surface area (Å²) in [7, 11) is 0. The molecule has 0 fully saturated rings. The molecule has 14 heavy (non-hydrogen) atoms. The van der Waals surface area contributed by atoms with E-state index in [1.807, 2.05) is 5.32 Å². The Morgan fingerprint density at radius 1 is 1.43 bits per heavy atom. The summed E-state index contributed by atoms with van der Waals surface area (Å²) >= 11 is 0. The van der Waals surface area contributed by atoms with Gasteiger partial charge in [0.15, 0.2) is 0 Å². The van der Waals surface area contributed by atoms with Crippen LogP contribution in [0.2, 0.25) is 0 Å². The Kier molecular flexibility index (Phi) is 4.51. The van der Waals surface area contributed by atoms with Gasteiger partial charge in [0, 0.05) is 6.54 Å². The lowest BCUT2D eigenvalue weighted by molar-refractivity contribution is -0.173. The lowest BCUT2D eigenvalue weighted by Crippen LogP contribution is -2.50. The lowest BCUT2D eigenvalue weighted by Gasteiger charge is -2.13. The Hall–Kier alpha value is -1.15. The Bertz CT molecular complexity index is 229. The van der Waals surface area contributed by atoms with E-state index in [1.165, 1.54) is 0 Å². The number of hydrogen-bond acceptors (Lipinski definition) is 4. The zero-order valence-corrected chi connectivity index (χ0v) is 6.97. The highest BCUT2D eigenvalue weighted by atomic mass is 19.4. The Morgan fingerprint density at radius 3 is 2.29 bits per heavy atom. The first-order chi connectivity index (χ1) is 6.25. The number of Topliss-reactive ketones (excluding diaryl/α,β-unsaturated/α-hetero) is 1. The van der Waals surface area contributed by atoms with Crippen LogP contribution in [0, 0.1) is 0 Å². The summed E-state index contributed by atoms with van der Waals surface area (Å²) in [5, 5.41) is 10.1. The molecule has 0 saturated carbocycles. The average Bonchev–Trinajstić information content (AvgIpc) is 2.00. The van der Waals surface area contributed by atoms with Gasteiger partial charge in [0.25, 0.3) is 5.78 Å². The number of alkyl halides is 3. The van der Waals surface area contributed by atoms with Crippen molar-refractivity contribution in [1.82, 2.24) is 5.32 Å². The van der Waals surface area contributed by atoms with Crippen molar-refractivity contribution >= 4 is 11.8 Å².